The Morgan fingerprint density at radius 2 is 1.36 bits per heavy atom. The molecule has 0 radical (unpaired) electrons. The SMILES string of the molecule is CCOC(=O)c1cc(-n2cccn2)cnc1Cl.CCOC(=O)c1cc(CN)cnc1Cl.COC(CC(OC)OC)OC. The lowest BCUT2D eigenvalue weighted by Crippen LogP contribution is -2.24. The number of ether oxygens (including phenoxy) is 6. The minimum atomic E-state index is -0.487. The first kappa shape index (κ1) is 36.9. The van der Waals surface area contributed by atoms with Gasteiger partial charge < -0.3 is 34.2 Å². The molecule has 0 spiro atoms. The van der Waals surface area contributed by atoms with Gasteiger partial charge in [0.2, 0.25) is 0 Å². The molecule has 0 saturated heterocycles. The van der Waals surface area contributed by atoms with Gasteiger partial charge in [-0.15, -0.1) is 0 Å². The van der Waals surface area contributed by atoms with E-state index >= 15 is 0 Å². The molecule has 0 aliphatic rings. The number of aromatic nitrogens is 4. The van der Waals surface area contributed by atoms with Crippen LogP contribution in [0.5, 0.6) is 0 Å². The van der Waals surface area contributed by atoms with Crippen molar-refractivity contribution < 1.29 is 38.0 Å². The molecule has 3 aromatic heterocycles. The van der Waals surface area contributed by atoms with Gasteiger partial charge in [0.05, 0.1) is 36.2 Å². The van der Waals surface area contributed by atoms with E-state index in [9.17, 15) is 9.59 Å². The number of halogens is 2. The summed E-state index contributed by atoms with van der Waals surface area (Å²) in [6, 6.07) is 4.96. The van der Waals surface area contributed by atoms with E-state index in [1.807, 2.05) is 0 Å². The van der Waals surface area contributed by atoms with Crippen LogP contribution >= 0.6 is 23.2 Å². The molecule has 3 rings (SSSR count). The Bertz CT molecular complexity index is 1200. The van der Waals surface area contributed by atoms with Crippen LogP contribution in [0.2, 0.25) is 10.3 Å². The van der Waals surface area contributed by atoms with Crippen molar-refractivity contribution in [3.8, 4) is 5.69 Å². The lowest BCUT2D eigenvalue weighted by molar-refractivity contribution is -0.178. The summed E-state index contributed by atoms with van der Waals surface area (Å²) in [5.41, 5.74) is 7.31. The molecule has 3 heterocycles. The number of pyridine rings is 2. The molecule has 0 aromatic carbocycles. The fraction of sp³-hybridized carbons (Fsp3) is 0.444. The monoisotopic (exact) mass is 629 g/mol. The summed E-state index contributed by atoms with van der Waals surface area (Å²) in [7, 11) is 6.32. The van der Waals surface area contributed by atoms with E-state index in [4.69, 9.17) is 57.4 Å². The second-order valence-electron chi connectivity index (χ2n) is 7.85. The van der Waals surface area contributed by atoms with Crippen molar-refractivity contribution in [2.75, 3.05) is 41.7 Å². The summed E-state index contributed by atoms with van der Waals surface area (Å²) in [5.74, 6) is -0.959. The number of methoxy groups -OCH3 is 4. The van der Waals surface area contributed by atoms with Crippen molar-refractivity contribution in [3.63, 3.8) is 0 Å². The first-order valence-electron chi connectivity index (χ1n) is 12.6. The molecule has 3 aromatic rings. The zero-order valence-corrected chi connectivity index (χ0v) is 25.9. The highest BCUT2D eigenvalue weighted by Crippen LogP contribution is 2.18. The van der Waals surface area contributed by atoms with Gasteiger partial charge in [-0.1, -0.05) is 23.2 Å². The number of nitrogens with two attached hydrogens (primary N) is 1. The van der Waals surface area contributed by atoms with Crippen LogP contribution in [0.3, 0.4) is 0 Å². The molecule has 42 heavy (non-hydrogen) atoms. The number of esters is 2. The number of nitrogens with zero attached hydrogens (tertiary/aromatic N) is 4. The predicted molar refractivity (Wildman–Crippen MR) is 156 cm³/mol. The second-order valence-corrected chi connectivity index (χ2v) is 8.56. The maximum Gasteiger partial charge on any atom is 0.341 e. The highest BCUT2D eigenvalue weighted by molar-refractivity contribution is 6.32. The van der Waals surface area contributed by atoms with Gasteiger partial charge in [0.15, 0.2) is 12.6 Å². The average Bonchev–Trinajstić information content (AvgIpc) is 3.54. The molecule has 0 saturated carbocycles. The van der Waals surface area contributed by atoms with Crippen molar-refractivity contribution in [1.29, 1.82) is 0 Å². The maximum atomic E-state index is 11.6. The molecule has 0 atom stereocenters. The summed E-state index contributed by atoms with van der Waals surface area (Å²) in [6.07, 6.45) is 6.50. The minimum Gasteiger partial charge on any atom is -0.462 e. The fourth-order valence-electron chi connectivity index (χ4n) is 3.03. The Balaban J connectivity index is 0.000000324. The van der Waals surface area contributed by atoms with Gasteiger partial charge in [0.25, 0.3) is 0 Å². The molecule has 0 aliphatic carbocycles. The highest BCUT2D eigenvalue weighted by Gasteiger charge is 2.15. The lowest BCUT2D eigenvalue weighted by atomic mass is 10.2. The smallest absolute Gasteiger partial charge is 0.341 e. The summed E-state index contributed by atoms with van der Waals surface area (Å²) >= 11 is 11.6. The number of carbonyl (C=O) groups excluding carboxylic acids is 2. The summed E-state index contributed by atoms with van der Waals surface area (Å²) in [6.45, 7) is 4.38. The quantitative estimate of drug-likeness (QED) is 0.174. The third-order valence-electron chi connectivity index (χ3n) is 5.15. The van der Waals surface area contributed by atoms with Gasteiger partial charge in [-0.2, -0.15) is 5.10 Å². The number of hydrogen-bond donors (Lipinski definition) is 1. The molecule has 0 fully saturated rings. The third kappa shape index (κ3) is 12.4. The van der Waals surface area contributed by atoms with Gasteiger partial charge in [0.1, 0.15) is 10.3 Å². The third-order valence-corrected chi connectivity index (χ3v) is 5.75. The zero-order valence-electron chi connectivity index (χ0n) is 24.4. The van der Waals surface area contributed by atoms with Crippen molar-refractivity contribution in [2.24, 2.45) is 5.73 Å². The molecule has 0 aliphatic heterocycles. The standard InChI is InChI=1S/C11H10ClN3O2.C9H11ClN2O2.C7H16O4/c1-2-17-11(16)9-6-8(7-13-10(9)12)15-5-3-4-14-15;1-2-14-9(13)7-3-6(4-11)5-12-8(7)10;1-8-6(9-2)5-7(10-3)11-4/h3-7H,2H2,1H3;3,5H,2,4,11H2,1H3;6-7H,5H2,1-4H3. The Morgan fingerprint density at radius 1 is 0.857 bits per heavy atom. The zero-order chi connectivity index (χ0) is 31.5. The second kappa shape index (κ2) is 20.7. The van der Waals surface area contributed by atoms with E-state index in [1.165, 1.54) is 12.4 Å². The van der Waals surface area contributed by atoms with Crippen molar-refractivity contribution in [1.82, 2.24) is 19.7 Å². The van der Waals surface area contributed by atoms with E-state index in [0.717, 1.165) is 5.56 Å². The summed E-state index contributed by atoms with van der Waals surface area (Å²) < 4.78 is 31.1. The van der Waals surface area contributed by atoms with E-state index < -0.39 is 11.9 Å². The normalized spacial score (nSPS) is 10.5. The summed E-state index contributed by atoms with van der Waals surface area (Å²) in [4.78, 5) is 30.7. The fourth-order valence-corrected chi connectivity index (χ4v) is 3.39. The van der Waals surface area contributed by atoms with Crippen LogP contribution < -0.4 is 5.73 Å². The number of carbonyl (C=O) groups is 2. The molecule has 0 unspecified atom stereocenters. The van der Waals surface area contributed by atoms with Crippen molar-refractivity contribution in [2.45, 2.75) is 39.4 Å². The van der Waals surface area contributed by atoms with Crippen LogP contribution in [0.1, 0.15) is 46.5 Å². The van der Waals surface area contributed by atoms with Crippen LogP contribution in [-0.2, 0) is 35.0 Å². The van der Waals surface area contributed by atoms with Gasteiger partial charge in [-0.3, -0.25) is 0 Å². The topological polar surface area (TPSA) is 159 Å². The maximum absolute atomic E-state index is 11.6. The van der Waals surface area contributed by atoms with E-state index in [0.29, 0.717) is 31.9 Å². The molecular weight excluding hydrogens is 593 g/mol. The van der Waals surface area contributed by atoms with Crippen LogP contribution in [0.15, 0.2) is 43.0 Å². The molecule has 2 N–H and O–H groups in total. The Kier molecular flexibility index (Phi) is 18.1. The van der Waals surface area contributed by atoms with Crippen molar-refractivity contribution in [3.05, 3.63) is 70.0 Å². The molecule has 232 valence electrons. The van der Waals surface area contributed by atoms with Gasteiger partial charge in [0, 0.05) is 60.0 Å². The number of rotatable bonds is 12. The van der Waals surface area contributed by atoms with Gasteiger partial charge in [-0.05, 0) is 37.6 Å². The van der Waals surface area contributed by atoms with E-state index in [-0.39, 0.29) is 34.0 Å². The van der Waals surface area contributed by atoms with Crippen LogP contribution in [0.25, 0.3) is 5.69 Å². The van der Waals surface area contributed by atoms with Gasteiger partial charge >= 0.3 is 11.9 Å². The van der Waals surface area contributed by atoms with Gasteiger partial charge in [-0.25, -0.2) is 24.2 Å². The lowest BCUT2D eigenvalue weighted by Gasteiger charge is -2.18. The van der Waals surface area contributed by atoms with Crippen LogP contribution in [0, 0.1) is 0 Å². The molecule has 13 nitrogen and oxygen atoms in total. The number of hydrogen-bond acceptors (Lipinski definition) is 12. The Morgan fingerprint density at radius 3 is 1.79 bits per heavy atom. The molecular formula is C27H37Cl2N5O8. The Labute approximate surface area is 255 Å². The van der Waals surface area contributed by atoms with Crippen LogP contribution in [0.4, 0.5) is 0 Å². The molecule has 0 amide bonds. The van der Waals surface area contributed by atoms with E-state index in [1.54, 1.807) is 77.6 Å². The Hall–Kier alpha value is -3.17. The highest BCUT2D eigenvalue weighted by atomic mass is 35.5. The first-order chi connectivity index (χ1) is 20.2. The molecule has 15 heteroatoms. The predicted octanol–water partition coefficient (Wildman–Crippen LogP) is 4.08. The van der Waals surface area contributed by atoms with Crippen molar-refractivity contribution >= 4 is 35.1 Å². The molecule has 0 bridgehead atoms. The largest absolute Gasteiger partial charge is 0.462 e. The summed E-state index contributed by atoms with van der Waals surface area (Å²) in [5, 5.41) is 4.31. The first-order valence-corrected chi connectivity index (χ1v) is 13.4. The average molecular weight is 631 g/mol. The van der Waals surface area contributed by atoms with Crippen LogP contribution in [-0.4, -0.2) is 85.9 Å². The minimum absolute atomic E-state index is 0.124. The van der Waals surface area contributed by atoms with E-state index in [2.05, 4.69) is 15.1 Å².